The van der Waals surface area contributed by atoms with E-state index in [-0.39, 0.29) is 11.5 Å². The van der Waals surface area contributed by atoms with Crippen molar-refractivity contribution in [2.75, 3.05) is 5.32 Å². The fraction of sp³-hybridized carbons (Fsp3) is 0.364. The van der Waals surface area contributed by atoms with Crippen LogP contribution in [-0.4, -0.2) is 25.5 Å². The number of rotatable bonds is 4. The van der Waals surface area contributed by atoms with E-state index in [1.54, 1.807) is 17.7 Å². The van der Waals surface area contributed by atoms with Gasteiger partial charge in [0, 0.05) is 30.1 Å². The lowest BCUT2D eigenvalue weighted by molar-refractivity contribution is -0.119. The van der Waals surface area contributed by atoms with E-state index in [1.807, 2.05) is 33.0 Å². The predicted molar refractivity (Wildman–Crippen MR) is 112 cm³/mol. The summed E-state index contributed by atoms with van der Waals surface area (Å²) in [6.45, 7) is 5.55. The minimum atomic E-state index is -0.743. The van der Waals surface area contributed by atoms with Crippen LogP contribution in [0.25, 0.3) is 11.3 Å². The number of carbonyl (C=O) groups excluding carboxylic acids is 1. The van der Waals surface area contributed by atoms with Crippen LogP contribution in [0.1, 0.15) is 41.9 Å². The highest BCUT2D eigenvalue weighted by atomic mass is 16.2. The zero-order valence-corrected chi connectivity index (χ0v) is 17.2. The molecule has 1 aromatic carbocycles. The number of aromatic nitrogens is 4. The molecule has 1 amide bonds. The van der Waals surface area contributed by atoms with Gasteiger partial charge in [-0.1, -0.05) is 6.07 Å². The Morgan fingerprint density at radius 1 is 1.10 bits per heavy atom. The molecule has 7 nitrogen and oxygen atoms in total. The number of carbonyl (C=O) groups is 1. The second kappa shape index (κ2) is 7.31. The lowest BCUT2D eigenvalue weighted by atomic mass is 10.1. The van der Waals surface area contributed by atoms with Gasteiger partial charge >= 0.3 is 0 Å². The van der Waals surface area contributed by atoms with Gasteiger partial charge in [0.15, 0.2) is 0 Å². The van der Waals surface area contributed by atoms with Gasteiger partial charge in [-0.3, -0.25) is 14.3 Å². The fourth-order valence-electron chi connectivity index (χ4n) is 3.99. The summed E-state index contributed by atoms with van der Waals surface area (Å²) < 4.78 is 3.02. The van der Waals surface area contributed by atoms with Crippen LogP contribution in [0.3, 0.4) is 0 Å². The first kappa shape index (κ1) is 19.1. The maximum absolute atomic E-state index is 12.8. The monoisotopic (exact) mass is 391 g/mol. The van der Waals surface area contributed by atoms with Gasteiger partial charge in [0.05, 0.1) is 11.4 Å². The highest BCUT2D eigenvalue weighted by Crippen LogP contribution is 2.26. The molecule has 0 bridgehead atoms. The molecule has 1 N–H and O–H groups in total. The van der Waals surface area contributed by atoms with Crippen molar-refractivity contribution in [1.82, 2.24) is 19.6 Å². The molecule has 3 aromatic rings. The van der Waals surface area contributed by atoms with Crippen molar-refractivity contribution >= 4 is 11.6 Å². The number of anilines is 1. The van der Waals surface area contributed by atoms with Crippen LogP contribution in [0.4, 0.5) is 5.69 Å². The van der Waals surface area contributed by atoms with E-state index in [0.29, 0.717) is 5.69 Å². The van der Waals surface area contributed by atoms with Crippen LogP contribution >= 0.6 is 0 Å². The first-order valence-electron chi connectivity index (χ1n) is 9.88. The van der Waals surface area contributed by atoms with Crippen LogP contribution in [0.5, 0.6) is 0 Å². The van der Waals surface area contributed by atoms with Crippen LogP contribution in [0.2, 0.25) is 0 Å². The third-order valence-electron chi connectivity index (χ3n) is 5.70. The maximum Gasteiger partial charge on any atom is 0.267 e. The van der Waals surface area contributed by atoms with Gasteiger partial charge in [0.2, 0.25) is 5.91 Å². The number of fused-ring (bicyclic) bond motifs is 1. The van der Waals surface area contributed by atoms with Crippen molar-refractivity contribution < 1.29 is 4.79 Å². The molecule has 4 rings (SSSR count). The Balaban J connectivity index is 1.62. The van der Waals surface area contributed by atoms with E-state index < -0.39 is 6.04 Å². The molecule has 0 saturated carbocycles. The van der Waals surface area contributed by atoms with E-state index >= 15 is 0 Å². The molecule has 0 aliphatic heterocycles. The van der Waals surface area contributed by atoms with Crippen LogP contribution in [-0.2, 0) is 24.7 Å². The van der Waals surface area contributed by atoms with Gasteiger partial charge in [-0.25, -0.2) is 4.68 Å². The molecule has 29 heavy (non-hydrogen) atoms. The normalized spacial score (nSPS) is 13.9. The molecular formula is C22H25N5O2. The summed E-state index contributed by atoms with van der Waals surface area (Å²) in [5.74, 6) is -0.269. The molecule has 2 heterocycles. The number of hydrogen-bond donors (Lipinski definition) is 1. The van der Waals surface area contributed by atoms with Gasteiger partial charge in [-0.2, -0.15) is 10.2 Å². The van der Waals surface area contributed by atoms with Crippen molar-refractivity contribution in [3.63, 3.8) is 0 Å². The third kappa shape index (κ3) is 3.48. The molecule has 2 aromatic heterocycles. The Hall–Kier alpha value is -3.22. The van der Waals surface area contributed by atoms with Gasteiger partial charge in [0.25, 0.3) is 5.56 Å². The standard InChI is InChI=1S/C22H25N5O2/c1-13-21(14(2)26(4)24-13)19-10-11-20(28)27(25-19)15(3)22(29)23-18-9-8-16-6-5-7-17(16)12-18/h8-12,15H,5-7H2,1-4H3,(H,23,29). The van der Waals surface area contributed by atoms with E-state index in [9.17, 15) is 9.59 Å². The number of amides is 1. The number of aryl methyl sites for hydroxylation is 4. The molecular weight excluding hydrogens is 366 g/mol. The SMILES string of the molecule is Cc1nn(C)c(C)c1-c1ccc(=O)n(C(C)C(=O)Nc2ccc3c(c2)CCC3)n1. The van der Waals surface area contributed by atoms with Crippen molar-refractivity contribution in [3.8, 4) is 11.3 Å². The van der Waals surface area contributed by atoms with E-state index in [4.69, 9.17) is 0 Å². The van der Waals surface area contributed by atoms with Crippen LogP contribution in [0, 0.1) is 13.8 Å². The minimum Gasteiger partial charge on any atom is -0.324 e. The van der Waals surface area contributed by atoms with Crippen molar-refractivity contribution in [1.29, 1.82) is 0 Å². The van der Waals surface area contributed by atoms with Gasteiger partial charge in [-0.15, -0.1) is 0 Å². The molecule has 0 saturated heterocycles. The van der Waals surface area contributed by atoms with Crippen molar-refractivity contribution in [2.24, 2.45) is 7.05 Å². The minimum absolute atomic E-state index is 0.269. The quantitative estimate of drug-likeness (QED) is 0.741. The first-order chi connectivity index (χ1) is 13.8. The van der Waals surface area contributed by atoms with Crippen molar-refractivity contribution in [2.45, 2.75) is 46.1 Å². The van der Waals surface area contributed by atoms with Crippen LogP contribution in [0.15, 0.2) is 35.1 Å². The van der Waals surface area contributed by atoms with Crippen LogP contribution < -0.4 is 10.9 Å². The lowest BCUT2D eigenvalue weighted by Crippen LogP contribution is -2.33. The number of benzene rings is 1. The Morgan fingerprint density at radius 2 is 1.86 bits per heavy atom. The average Bonchev–Trinajstić information content (AvgIpc) is 3.25. The summed E-state index contributed by atoms with van der Waals surface area (Å²) >= 11 is 0. The molecule has 0 spiro atoms. The summed E-state index contributed by atoms with van der Waals surface area (Å²) in [5.41, 5.74) is 6.38. The van der Waals surface area contributed by atoms with E-state index in [1.165, 1.54) is 21.9 Å². The summed E-state index contributed by atoms with van der Waals surface area (Å²) in [5, 5.41) is 11.8. The fourth-order valence-corrected chi connectivity index (χ4v) is 3.99. The van der Waals surface area contributed by atoms with Gasteiger partial charge in [0.1, 0.15) is 6.04 Å². The van der Waals surface area contributed by atoms with Gasteiger partial charge in [-0.05, 0) is 69.4 Å². The molecule has 0 radical (unpaired) electrons. The Morgan fingerprint density at radius 3 is 2.59 bits per heavy atom. The average molecular weight is 391 g/mol. The molecule has 1 aliphatic rings. The summed E-state index contributed by atoms with van der Waals surface area (Å²) in [7, 11) is 1.87. The topological polar surface area (TPSA) is 81.8 Å². The zero-order valence-electron chi connectivity index (χ0n) is 17.2. The third-order valence-corrected chi connectivity index (χ3v) is 5.70. The second-order valence-electron chi connectivity index (χ2n) is 7.67. The number of nitrogens with one attached hydrogen (secondary N) is 1. The summed E-state index contributed by atoms with van der Waals surface area (Å²) in [4.78, 5) is 25.3. The Bertz CT molecular complexity index is 1160. The summed E-state index contributed by atoms with van der Waals surface area (Å²) in [6, 6.07) is 8.41. The largest absolute Gasteiger partial charge is 0.324 e. The molecule has 150 valence electrons. The molecule has 1 unspecified atom stereocenters. The molecule has 7 heteroatoms. The first-order valence-corrected chi connectivity index (χ1v) is 9.88. The Kier molecular flexibility index (Phi) is 4.82. The van der Waals surface area contributed by atoms with Crippen molar-refractivity contribution in [3.05, 3.63) is 63.2 Å². The molecule has 1 aliphatic carbocycles. The lowest BCUT2D eigenvalue weighted by Gasteiger charge is -2.15. The molecule has 1 atom stereocenters. The predicted octanol–water partition coefficient (Wildman–Crippen LogP) is 2.95. The Labute approximate surface area is 169 Å². The summed E-state index contributed by atoms with van der Waals surface area (Å²) in [6.07, 6.45) is 3.29. The molecule has 0 fully saturated rings. The maximum atomic E-state index is 12.8. The highest BCUT2D eigenvalue weighted by Gasteiger charge is 2.21. The smallest absolute Gasteiger partial charge is 0.267 e. The second-order valence-corrected chi connectivity index (χ2v) is 7.67. The van der Waals surface area contributed by atoms with E-state index in [0.717, 1.165) is 41.9 Å². The van der Waals surface area contributed by atoms with Gasteiger partial charge < -0.3 is 5.32 Å². The number of hydrogen-bond acceptors (Lipinski definition) is 4. The number of nitrogens with zero attached hydrogens (tertiary/aromatic N) is 4. The highest BCUT2D eigenvalue weighted by molar-refractivity contribution is 5.93. The van der Waals surface area contributed by atoms with E-state index in [2.05, 4.69) is 21.6 Å². The zero-order chi connectivity index (χ0) is 20.7.